The van der Waals surface area contributed by atoms with Crippen molar-refractivity contribution in [3.8, 4) is 0 Å². The Balaban J connectivity index is 2.45. The standard InChI is InChI=1S/C25H44O3/c1-6-7-12-19(2)17-20(3)15-16-22-21(4)18-24(26)23(22)13-10-8-9-11-14-25(27)28-5/h11,14-16,19-24,26H,6-10,12-13,17-18H2,1-5H3/b14-11+,16-15+/t19-,20+,21+,22-,23+,24-/m0/s1. The fraction of sp³-hybridized carbons (Fsp3) is 0.800. The number of aliphatic hydroxyl groups excluding tert-OH is 1. The summed E-state index contributed by atoms with van der Waals surface area (Å²) in [6, 6.07) is 0. The molecule has 162 valence electrons. The van der Waals surface area contributed by atoms with Crippen molar-refractivity contribution in [3.63, 3.8) is 0 Å². The molecule has 0 heterocycles. The fourth-order valence-electron chi connectivity index (χ4n) is 4.70. The lowest BCUT2D eigenvalue weighted by atomic mass is 9.84. The van der Waals surface area contributed by atoms with Crippen LogP contribution in [0.25, 0.3) is 0 Å². The van der Waals surface area contributed by atoms with Gasteiger partial charge in [0.2, 0.25) is 0 Å². The van der Waals surface area contributed by atoms with E-state index in [-0.39, 0.29) is 12.1 Å². The van der Waals surface area contributed by atoms with Crippen LogP contribution in [-0.4, -0.2) is 24.3 Å². The largest absolute Gasteiger partial charge is 0.466 e. The fourth-order valence-corrected chi connectivity index (χ4v) is 4.70. The average molecular weight is 393 g/mol. The lowest BCUT2D eigenvalue weighted by Gasteiger charge is -2.22. The smallest absolute Gasteiger partial charge is 0.330 e. The van der Waals surface area contributed by atoms with Gasteiger partial charge in [-0.2, -0.15) is 0 Å². The molecule has 28 heavy (non-hydrogen) atoms. The lowest BCUT2D eigenvalue weighted by molar-refractivity contribution is -0.134. The third-order valence-corrected chi connectivity index (χ3v) is 6.36. The number of aliphatic hydroxyl groups is 1. The lowest BCUT2D eigenvalue weighted by Crippen LogP contribution is -2.19. The van der Waals surface area contributed by atoms with Crippen LogP contribution in [0.5, 0.6) is 0 Å². The van der Waals surface area contributed by atoms with E-state index in [1.54, 1.807) is 0 Å². The molecule has 0 unspecified atom stereocenters. The quantitative estimate of drug-likeness (QED) is 0.173. The summed E-state index contributed by atoms with van der Waals surface area (Å²) in [4.78, 5) is 11.1. The van der Waals surface area contributed by atoms with Gasteiger partial charge >= 0.3 is 5.97 Å². The van der Waals surface area contributed by atoms with Gasteiger partial charge < -0.3 is 9.84 Å². The topological polar surface area (TPSA) is 46.5 Å². The van der Waals surface area contributed by atoms with Gasteiger partial charge in [-0.05, 0) is 61.7 Å². The maximum atomic E-state index is 11.1. The molecule has 0 aromatic carbocycles. The molecule has 6 atom stereocenters. The molecule has 3 nitrogen and oxygen atoms in total. The molecule has 0 aromatic heterocycles. The summed E-state index contributed by atoms with van der Waals surface area (Å²) in [5.74, 6) is 2.54. The molecule has 0 bridgehead atoms. The van der Waals surface area contributed by atoms with E-state index >= 15 is 0 Å². The molecule has 3 heteroatoms. The Bertz CT molecular complexity index is 482. The minimum absolute atomic E-state index is 0.172. The number of methoxy groups -OCH3 is 1. The summed E-state index contributed by atoms with van der Waals surface area (Å²) in [6.07, 6.45) is 18.3. The first-order chi connectivity index (χ1) is 13.4. The van der Waals surface area contributed by atoms with Gasteiger partial charge in [0.25, 0.3) is 0 Å². The van der Waals surface area contributed by atoms with Gasteiger partial charge in [-0.1, -0.05) is 71.6 Å². The summed E-state index contributed by atoms with van der Waals surface area (Å²) < 4.78 is 4.60. The van der Waals surface area contributed by atoms with Gasteiger partial charge in [-0.15, -0.1) is 0 Å². The van der Waals surface area contributed by atoms with Crippen molar-refractivity contribution in [3.05, 3.63) is 24.3 Å². The zero-order chi connectivity index (χ0) is 20.9. The van der Waals surface area contributed by atoms with Crippen LogP contribution in [0.2, 0.25) is 0 Å². The Morgan fingerprint density at radius 1 is 1.25 bits per heavy atom. The maximum Gasteiger partial charge on any atom is 0.330 e. The molecule has 0 aliphatic heterocycles. The predicted molar refractivity (Wildman–Crippen MR) is 118 cm³/mol. The Morgan fingerprint density at radius 2 is 2.00 bits per heavy atom. The van der Waals surface area contributed by atoms with Crippen molar-refractivity contribution in [2.45, 2.75) is 91.6 Å². The number of hydrogen-bond acceptors (Lipinski definition) is 3. The summed E-state index contributed by atoms with van der Waals surface area (Å²) >= 11 is 0. The number of carbonyl (C=O) groups is 1. The first-order valence-corrected chi connectivity index (χ1v) is 11.5. The highest BCUT2D eigenvalue weighted by molar-refractivity contribution is 5.81. The van der Waals surface area contributed by atoms with E-state index in [2.05, 4.69) is 44.6 Å². The van der Waals surface area contributed by atoms with Gasteiger partial charge in [0.05, 0.1) is 13.2 Å². The van der Waals surface area contributed by atoms with E-state index in [9.17, 15) is 9.90 Å². The second-order valence-corrected chi connectivity index (χ2v) is 9.08. The molecular weight excluding hydrogens is 348 g/mol. The SMILES string of the molecule is CCCC[C@H](C)C[C@H](C)/C=C/[C@@H]1[C@@H](CCCC/C=C/C(=O)OC)[C@@H](O)C[C@H]1C. The Labute approximate surface area is 173 Å². The van der Waals surface area contributed by atoms with Crippen molar-refractivity contribution in [2.75, 3.05) is 7.11 Å². The minimum atomic E-state index is -0.289. The first-order valence-electron chi connectivity index (χ1n) is 11.5. The predicted octanol–water partition coefficient (Wildman–Crippen LogP) is 6.32. The van der Waals surface area contributed by atoms with Crippen molar-refractivity contribution >= 4 is 5.97 Å². The van der Waals surface area contributed by atoms with Crippen LogP contribution in [0.4, 0.5) is 0 Å². The van der Waals surface area contributed by atoms with Gasteiger partial charge in [0.1, 0.15) is 0 Å². The van der Waals surface area contributed by atoms with Crippen LogP contribution in [0.3, 0.4) is 0 Å². The third-order valence-electron chi connectivity index (χ3n) is 6.36. The molecule has 0 aromatic rings. The molecule has 1 rings (SSSR count). The van der Waals surface area contributed by atoms with E-state index in [0.29, 0.717) is 23.7 Å². The molecule has 1 fully saturated rings. The Morgan fingerprint density at radius 3 is 2.68 bits per heavy atom. The number of hydrogen-bond donors (Lipinski definition) is 1. The van der Waals surface area contributed by atoms with Gasteiger partial charge in [-0.3, -0.25) is 0 Å². The normalized spacial score (nSPS) is 27.5. The van der Waals surface area contributed by atoms with E-state index in [1.807, 2.05) is 6.08 Å². The molecule has 0 spiro atoms. The van der Waals surface area contributed by atoms with E-state index < -0.39 is 0 Å². The third kappa shape index (κ3) is 9.41. The first kappa shape index (κ1) is 24.9. The molecular formula is C25H44O3. The summed E-state index contributed by atoms with van der Waals surface area (Å²) in [6.45, 7) is 9.25. The molecule has 1 saturated carbocycles. The van der Waals surface area contributed by atoms with Gasteiger partial charge in [-0.25, -0.2) is 4.79 Å². The Kier molecular flexibility index (Phi) is 12.5. The average Bonchev–Trinajstić information content (AvgIpc) is 2.93. The van der Waals surface area contributed by atoms with Crippen LogP contribution in [0, 0.1) is 29.6 Å². The zero-order valence-corrected chi connectivity index (χ0v) is 18.9. The maximum absolute atomic E-state index is 11.1. The van der Waals surface area contributed by atoms with Crippen molar-refractivity contribution in [1.29, 1.82) is 0 Å². The number of allylic oxidation sites excluding steroid dienone is 3. The second kappa shape index (κ2) is 14.0. The Hall–Kier alpha value is -1.09. The van der Waals surface area contributed by atoms with Crippen LogP contribution in [0.15, 0.2) is 24.3 Å². The summed E-state index contributed by atoms with van der Waals surface area (Å²) in [5, 5.41) is 10.5. The van der Waals surface area contributed by atoms with E-state index in [0.717, 1.165) is 38.0 Å². The zero-order valence-electron chi connectivity index (χ0n) is 18.9. The summed E-state index contributed by atoms with van der Waals surface area (Å²) in [7, 11) is 1.40. The van der Waals surface area contributed by atoms with Gasteiger partial charge in [0.15, 0.2) is 0 Å². The monoisotopic (exact) mass is 392 g/mol. The van der Waals surface area contributed by atoms with Crippen molar-refractivity contribution < 1.29 is 14.6 Å². The van der Waals surface area contributed by atoms with E-state index in [4.69, 9.17) is 0 Å². The highest BCUT2D eigenvalue weighted by Crippen LogP contribution is 2.41. The van der Waals surface area contributed by atoms with Crippen LogP contribution in [-0.2, 0) is 9.53 Å². The number of unbranched alkanes of at least 4 members (excludes halogenated alkanes) is 3. The molecule has 0 radical (unpaired) electrons. The van der Waals surface area contributed by atoms with Crippen LogP contribution in [0.1, 0.15) is 85.5 Å². The van der Waals surface area contributed by atoms with E-state index in [1.165, 1.54) is 38.9 Å². The molecule has 0 saturated heterocycles. The number of esters is 1. The molecule has 1 aliphatic carbocycles. The van der Waals surface area contributed by atoms with Crippen molar-refractivity contribution in [1.82, 2.24) is 0 Å². The number of rotatable bonds is 13. The molecule has 0 amide bonds. The molecule has 1 aliphatic rings. The van der Waals surface area contributed by atoms with Crippen molar-refractivity contribution in [2.24, 2.45) is 29.6 Å². The minimum Gasteiger partial charge on any atom is -0.466 e. The van der Waals surface area contributed by atoms with Crippen LogP contribution >= 0.6 is 0 Å². The number of ether oxygens (including phenoxy) is 1. The second-order valence-electron chi connectivity index (χ2n) is 9.08. The van der Waals surface area contributed by atoms with Crippen LogP contribution < -0.4 is 0 Å². The highest BCUT2D eigenvalue weighted by atomic mass is 16.5. The molecule has 1 N–H and O–H groups in total. The summed E-state index contributed by atoms with van der Waals surface area (Å²) in [5.41, 5.74) is 0. The number of carbonyl (C=O) groups excluding carboxylic acids is 1. The van der Waals surface area contributed by atoms with Gasteiger partial charge in [0, 0.05) is 6.08 Å². The highest BCUT2D eigenvalue weighted by Gasteiger charge is 2.38.